The van der Waals surface area contributed by atoms with Crippen molar-refractivity contribution in [2.75, 3.05) is 37.6 Å². The van der Waals surface area contributed by atoms with Crippen molar-refractivity contribution in [1.29, 1.82) is 0 Å². The second-order valence-corrected chi connectivity index (χ2v) is 7.96. The van der Waals surface area contributed by atoms with E-state index in [1.165, 1.54) is 16.2 Å². The van der Waals surface area contributed by atoms with Crippen molar-refractivity contribution in [3.8, 4) is 0 Å². The summed E-state index contributed by atoms with van der Waals surface area (Å²) in [7, 11) is 0. The molecular formula is C21H27BrN3O+. The van der Waals surface area contributed by atoms with Gasteiger partial charge >= 0.3 is 0 Å². The molecule has 0 bridgehead atoms. The largest absolute Gasteiger partial charge is 0.360 e. The maximum absolute atomic E-state index is 12.4. The zero-order valence-corrected chi connectivity index (χ0v) is 17.1. The Morgan fingerprint density at radius 2 is 1.81 bits per heavy atom. The van der Waals surface area contributed by atoms with Gasteiger partial charge in [-0.05, 0) is 43.2 Å². The maximum atomic E-state index is 12.4. The molecule has 26 heavy (non-hydrogen) atoms. The Labute approximate surface area is 164 Å². The van der Waals surface area contributed by atoms with E-state index < -0.39 is 0 Å². The van der Waals surface area contributed by atoms with Crippen molar-refractivity contribution >= 4 is 27.5 Å². The van der Waals surface area contributed by atoms with Gasteiger partial charge in [-0.15, -0.1) is 0 Å². The number of piperazine rings is 1. The molecule has 3 rings (SSSR count). The highest BCUT2D eigenvalue weighted by molar-refractivity contribution is 9.10. The number of benzene rings is 2. The van der Waals surface area contributed by atoms with Gasteiger partial charge in [-0.3, -0.25) is 4.79 Å². The van der Waals surface area contributed by atoms with Crippen molar-refractivity contribution in [2.24, 2.45) is 0 Å². The average molecular weight is 417 g/mol. The molecule has 0 spiro atoms. The van der Waals surface area contributed by atoms with Crippen LogP contribution in [0.5, 0.6) is 0 Å². The topological polar surface area (TPSA) is 36.8 Å². The predicted molar refractivity (Wildman–Crippen MR) is 110 cm³/mol. The van der Waals surface area contributed by atoms with Crippen molar-refractivity contribution in [2.45, 2.75) is 19.9 Å². The minimum atomic E-state index is 0.0308. The fourth-order valence-corrected chi connectivity index (χ4v) is 3.78. The summed E-state index contributed by atoms with van der Waals surface area (Å²) >= 11 is 3.44. The van der Waals surface area contributed by atoms with Crippen LogP contribution in [0.15, 0.2) is 53.0 Å². The van der Waals surface area contributed by atoms with Crippen LogP contribution in [0, 0.1) is 6.92 Å². The van der Waals surface area contributed by atoms with E-state index in [9.17, 15) is 4.79 Å². The number of carbonyl (C=O) groups is 1. The van der Waals surface area contributed by atoms with Gasteiger partial charge in [0.1, 0.15) is 0 Å². The van der Waals surface area contributed by atoms with Crippen LogP contribution in [0.2, 0.25) is 0 Å². The fourth-order valence-electron chi connectivity index (χ4n) is 3.51. The number of hydrogen-bond acceptors (Lipinski definition) is 2. The molecule has 1 aliphatic heterocycles. The quantitative estimate of drug-likeness (QED) is 0.784. The summed E-state index contributed by atoms with van der Waals surface area (Å²) in [5, 5.41) is 3.13. The standard InChI is InChI=1S/C21H26BrN3O/c1-16-5-3-4-6-20(16)25-13-11-24(12-14-25)15-21(26)23-17(2)18-7-9-19(22)10-8-18/h3-10,17H,11-15H2,1-2H3,(H,23,26)/p+1/t17-/m1/s1. The molecule has 5 heteroatoms. The summed E-state index contributed by atoms with van der Waals surface area (Å²) in [6.45, 7) is 8.72. The molecule has 1 saturated heterocycles. The number of para-hydroxylation sites is 1. The first-order chi connectivity index (χ1) is 12.5. The number of rotatable bonds is 5. The van der Waals surface area contributed by atoms with E-state index >= 15 is 0 Å². The molecule has 2 aromatic rings. The highest BCUT2D eigenvalue weighted by atomic mass is 79.9. The van der Waals surface area contributed by atoms with Gasteiger partial charge in [0.15, 0.2) is 6.54 Å². The van der Waals surface area contributed by atoms with Crippen LogP contribution in [-0.2, 0) is 4.79 Å². The number of carbonyl (C=O) groups excluding carboxylic acids is 1. The van der Waals surface area contributed by atoms with Crippen LogP contribution >= 0.6 is 15.9 Å². The zero-order valence-electron chi connectivity index (χ0n) is 15.5. The van der Waals surface area contributed by atoms with Gasteiger partial charge in [-0.25, -0.2) is 0 Å². The number of nitrogens with one attached hydrogen (secondary N) is 2. The molecule has 4 nitrogen and oxygen atoms in total. The lowest BCUT2D eigenvalue weighted by Gasteiger charge is -2.34. The van der Waals surface area contributed by atoms with Crippen LogP contribution in [0.4, 0.5) is 5.69 Å². The van der Waals surface area contributed by atoms with Gasteiger partial charge in [0.2, 0.25) is 0 Å². The minimum absolute atomic E-state index is 0.0308. The maximum Gasteiger partial charge on any atom is 0.275 e. The monoisotopic (exact) mass is 416 g/mol. The van der Waals surface area contributed by atoms with Crippen LogP contribution < -0.4 is 15.1 Å². The third-order valence-corrected chi connectivity index (χ3v) is 5.61. The smallest absolute Gasteiger partial charge is 0.275 e. The Morgan fingerprint density at radius 3 is 2.46 bits per heavy atom. The van der Waals surface area contributed by atoms with Crippen LogP contribution in [0.3, 0.4) is 0 Å². The molecule has 2 N–H and O–H groups in total. The lowest BCUT2D eigenvalue weighted by Crippen LogP contribution is -3.16. The van der Waals surface area contributed by atoms with Crippen molar-refractivity contribution in [3.05, 3.63) is 64.1 Å². The van der Waals surface area contributed by atoms with Crippen LogP contribution in [0.1, 0.15) is 24.1 Å². The molecule has 1 amide bonds. The van der Waals surface area contributed by atoms with E-state index in [0.717, 1.165) is 36.2 Å². The van der Waals surface area contributed by atoms with E-state index in [1.807, 2.05) is 31.2 Å². The molecule has 1 aliphatic rings. The summed E-state index contributed by atoms with van der Waals surface area (Å²) in [6.07, 6.45) is 0. The zero-order chi connectivity index (χ0) is 18.5. The molecule has 2 aromatic carbocycles. The predicted octanol–water partition coefficient (Wildman–Crippen LogP) is 2.34. The normalized spacial score (nSPS) is 16.3. The number of amides is 1. The second-order valence-electron chi connectivity index (χ2n) is 7.04. The van der Waals surface area contributed by atoms with Crippen LogP contribution in [0.25, 0.3) is 0 Å². The van der Waals surface area contributed by atoms with Crippen molar-refractivity contribution < 1.29 is 9.69 Å². The molecule has 138 valence electrons. The third kappa shape index (κ3) is 4.86. The molecule has 1 fully saturated rings. The molecule has 0 radical (unpaired) electrons. The van der Waals surface area contributed by atoms with E-state index in [0.29, 0.717) is 6.54 Å². The number of aryl methyl sites for hydroxylation is 1. The van der Waals surface area contributed by atoms with Crippen LogP contribution in [-0.4, -0.2) is 38.6 Å². The van der Waals surface area contributed by atoms with Gasteiger partial charge < -0.3 is 15.1 Å². The first-order valence-corrected chi connectivity index (χ1v) is 10.0. The molecule has 0 aliphatic carbocycles. The summed E-state index contributed by atoms with van der Waals surface area (Å²) < 4.78 is 1.05. The Morgan fingerprint density at radius 1 is 1.15 bits per heavy atom. The first-order valence-electron chi connectivity index (χ1n) is 9.22. The summed E-state index contributed by atoms with van der Waals surface area (Å²) in [5.41, 5.74) is 3.76. The van der Waals surface area contributed by atoms with Gasteiger partial charge in [0.05, 0.1) is 32.2 Å². The molecule has 0 saturated carbocycles. The first kappa shape index (κ1) is 18.9. The molecular weight excluding hydrogens is 390 g/mol. The highest BCUT2D eigenvalue weighted by Crippen LogP contribution is 2.19. The Kier molecular flexibility index (Phi) is 6.33. The Bertz CT molecular complexity index is 739. The minimum Gasteiger partial charge on any atom is -0.360 e. The highest BCUT2D eigenvalue weighted by Gasteiger charge is 2.23. The summed E-state index contributed by atoms with van der Waals surface area (Å²) in [6, 6.07) is 16.7. The average Bonchev–Trinajstić information content (AvgIpc) is 2.63. The lowest BCUT2D eigenvalue weighted by atomic mass is 10.1. The van der Waals surface area contributed by atoms with Gasteiger partial charge in [0, 0.05) is 10.2 Å². The van der Waals surface area contributed by atoms with E-state index in [2.05, 4.69) is 57.3 Å². The Hall–Kier alpha value is -1.85. The summed E-state index contributed by atoms with van der Waals surface area (Å²) in [4.78, 5) is 16.2. The van der Waals surface area contributed by atoms with Crippen molar-refractivity contribution in [1.82, 2.24) is 5.32 Å². The van der Waals surface area contributed by atoms with E-state index in [1.54, 1.807) is 0 Å². The molecule has 0 aromatic heterocycles. The lowest BCUT2D eigenvalue weighted by molar-refractivity contribution is -0.892. The molecule has 0 unspecified atom stereocenters. The molecule has 1 heterocycles. The number of quaternary nitrogens is 1. The van der Waals surface area contributed by atoms with Crippen molar-refractivity contribution in [3.63, 3.8) is 0 Å². The SMILES string of the molecule is Cc1ccccc1N1CC[NH+](CC(=O)N[C@H](C)c2ccc(Br)cc2)CC1. The number of hydrogen-bond donors (Lipinski definition) is 2. The fraction of sp³-hybridized carbons (Fsp3) is 0.381. The van der Waals surface area contributed by atoms with Gasteiger partial charge in [-0.1, -0.05) is 46.3 Å². The van der Waals surface area contributed by atoms with Gasteiger partial charge in [0.25, 0.3) is 5.91 Å². The summed E-state index contributed by atoms with van der Waals surface area (Å²) in [5.74, 6) is 0.125. The number of halogens is 1. The second kappa shape index (κ2) is 8.69. The van der Waals surface area contributed by atoms with Gasteiger partial charge in [-0.2, -0.15) is 0 Å². The number of anilines is 1. The number of nitrogens with zero attached hydrogens (tertiary/aromatic N) is 1. The molecule has 1 atom stereocenters. The Balaban J connectivity index is 1.47. The van der Waals surface area contributed by atoms with E-state index in [4.69, 9.17) is 0 Å². The third-order valence-electron chi connectivity index (χ3n) is 5.08. The van der Waals surface area contributed by atoms with E-state index in [-0.39, 0.29) is 11.9 Å².